The van der Waals surface area contributed by atoms with Crippen molar-refractivity contribution in [2.75, 3.05) is 13.2 Å². The van der Waals surface area contributed by atoms with Crippen molar-refractivity contribution < 1.29 is 23.0 Å². The molecule has 1 N–H and O–H groups in total. The van der Waals surface area contributed by atoms with E-state index in [9.17, 15) is 18.3 Å². The van der Waals surface area contributed by atoms with Gasteiger partial charge in [0.15, 0.2) is 0 Å². The molecule has 0 heterocycles. The van der Waals surface area contributed by atoms with Crippen molar-refractivity contribution in [3.63, 3.8) is 0 Å². The Labute approximate surface area is 86.7 Å². The fourth-order valence-corrected chi connectivity index (χ4v) is 1.57. The highest BCUT2D eigenvalue weighted by atomic mass is 19.4. The molecule has 0 radical (unpaired) electrons. The molecule has 0 saturated carbocycles. The van der Waals surface area contributed by atoms with Crippen LogP contribution in [0.15, 0.2) is 11.6 Å². The monoisotopic (exact) mass is 224 g/mol. The van der Waals surface area contributed by atoms with Crippen molar-refractivity contribution in [1.29, 1.82) is 0 Å². The van der Waals surface area contributed by atoms with Gasteiger partial charge in [0.05, 0.1) is 6.10 Å². The summed E-state index contributed by atoms with van der Waals surface area (Å²) < 4.78 is 39.5. The first-order valence-corrected chi connectivity index (χ1v) is 5.00. The molecule has 1 aliphatic carbocycles. The van der Waals surface area contributed by atoms with Crippen LogP contribution in [-0.4, -0.2) is 30.6 Å². The van der Waals surface area contributed by atoms with Gasteiger partial charge in [-0.05, 0) is 24.8 Å². The first-order chi connectivity index (χ1) is 6.99. The third kappa shape index (κ3) is 5.18. The third-order valence-corrected chi connectivity index (χ3v) is 2.31. The summed E-state index contributed by atoms with van der Waals surface area (Å²) in [6.45, 7) is -1.29. The summed E-state index contributed by atoms with van der Waals surface area (Å²) in [6, 6.07) is 0. The second-order valence-electron chi connectivity index (χ2n) is 3.64. The molecule has 0 spiro atoms. The number of hydrogen-bond donors (Lipinski definition) is 1. The Balaban J connectivity index is 2.09. The summed E-state index contributed by atoms with van der Waals surface area (Å²) in [5.74, 6) is 0. The van der Waals surface area contributed by atoms with Crippen LogP contribution in [0.3, 0.4) is 0 Å². The Morgan fingerprint density at radius 1 is 1.47 bits per heavy atom. The van der Waals surface area contributed by atoms with Crippen LogP contribution in [0.25, 0.3) is 0 Å². The quantitative estimate of drug-likeness (QED) is 0.574. The number of ether oxygens (including phenoxy) is 1. The van der Waals surface area contributed by atoms with Gasteiger partial charge in [-0.25, -0.2) is 0 Å². The number of hydrogen-bond acceptors (Lipinski definition) is 2. The molecule has 0 fully saturated rings. The van der Waals surface area contributed by atoms with Crippen molar-refractivity contribution in [2.24, 2.45) is 0 Å². The fourth-order valence-electron chi connectivity index (χ4n) is 1.57. The van der Waals surface area contributed by atoms with Gasteiger partial charge >= 0.3 is 6.18 Å². The Morgan fingerprint density at radius 3 is 2.73 bits per heavy atom. The van der Waals surface area contributed by atoms with E-state index in [1.54, 1.807) is 0 Å². The normalized spacial score (nSPS) is 19.1. The number of alkyl halides is 3. The molecule has 2 nitrogen and oxygen atoms in total. The summed E-state index contributed by atoms with van der Waals surface area (Å²) in [5, 5.41) is 9.55. The predicted octanol–water partition coefficient (Wildman–Crippen LogP) is 2.43. The van der Waals surface area contributed by atoms with Gasteiger partial charge in [0.25, 0.3) is 0 Å². The standard InChI is InChI=1S/C10H15F3O2/c11-10(12,13)7-15-6-5-9(14)8-3-1-2-4-8/h3,9,14H,1-2,4-7H2. The lowest BCUT2D eigenvalue weighted by atomic mass is 10.1. The minimum atomic E-state index is -4.28. The van der Waals surface area contributed by atoms with Gasteiger partial charge in [-0.15, -0.1) is 0 Å². The molecule has 0 amide bonds. The average Bonchev–Trinajstić information content (AvgIpc) is 2.63. The lowest BCUT2D eigenvalue weighted by Gasteiger charge is -2.12. The van der Waals surface area contributed by atoms with Crippen molar-refractivity contribution >= 4 is 0 Å². The number of aliphatic hydroxyl groups excluding tert-OH is 1. The lowest BCUT2D eigenvalue weighted by Crippen LogP contribution is -2.19. The summed E-state index contributed by atoms with van der Waals surface area (Å²) in [7, 11) is 0. The van der Waals surface area contributed by atoms with Gasteiger partial charge in [-0.2, -0.15) is 13.2 Å². The van der Waals surface area contributed by atoms with E-state index in [1.165, 1.54) is 0 Å². The van der Waals surface area contributed by atoms with Gasteiger partial charge in [0, 0.05) is 13.0 Å². The topological polar surface area (TPSA) is 29.5 Å². The molecular weight excluding hydrogens is 209 g/mol. The lowest BCUT2D eigenvalue weighted by molar-refractivity contribution is -0.174. The summed E-state index contributed by atoms with van der Waals surface area (Å²) in [4.78, 5) is 0. The Kier molecular flexibility index (Phi) is 4.60. The molecule has 1 aliphatic rings. The molecule has 0 aliphatic heterocycles. The smallest absolute Gasteiger partial charge is 0.389 e. The highest BCUT2D eigenvalue weighted by Gasteiger charge is 2.27. The summed E-state index contributed by atoms with van der Waals surface area (Å²) in [5.41, 5.74) is 0.936. The summed E-state index contributed by atoms with van der Waals surface area (Å²) >= 11 is 0. The van der Waals surface area contributed by atoms with Gasteiger partial charge in [0.1, 0.15) is 6.61 Å². The molecule has 0 aromatic rings. The predicted molar refractivity (Wildman–Crippen MR) is 49.4 cm³/mol. The number of rotatable bonds is 5. The van der Waals surface area contributed by atoms with Crippen LogP contribution in [0.2, 0.25) is 0 Å². The van der Waals surface area contributed by atoms with E-state index in [4.69, 9.17) is 0 Å². The van der Waals surface area contributed by atoms with E-state index in [1.807, 2.05) is 6.08 Å². The van der Waals surface area contributed by atoms with Crippen LogP contribution in [0, 0.1) is 0 Å². The Bertz CT molecular complexity index is 223. The van der Waals surface area contributed by atoms with Crippen LogP contribution < -0.4 is 0 Å². The van der Waals surface area contributed by atoms with E-state index in [0.29, 0.717) is 0 Å². The second kappa shape index (κ2) is 5.51. The minimum Gasteiger partial charge on any atom is -0.389 e. The molecule has 0 aromatic carbocycles. The highest BCUT2D eigenvalue weighted by molar-refractivity contribution is 5.12. The molecule has 0 bridgehead atoms. The van der Waals surface area contributed by atoms with Crippen LogP contribution in [0.4, 0.5) is 13.2 Å². The minimum absolute atomic E-state index is 0.0575. The number of aliphatic hydroxyl groups is 1. The van der Waals surface area contributed by atoms with Crippen LogP contribution in [0.1, 0.15) is 25.7 Å². The maximum atomic E-state index is 11.7. The number of allylic oxidation sites excluding steroid dienone is 1. The first-order valence-electron chi connectivity index (χ1n) is 5.00. The van der Waals surface area contributed by atoms with Gasteiger partial charge < -0.3 is 9.84 Å². The second-order valence-corrected chi connectivity index (χ2v) is 3.64. The third-order valence-electron chi connectivity index (χ3n) is 2.31. The zero-order chi connectivity index (χ0) is 11.3. The molecule has 1 atom stereocenters. The zero-order valence-electron chi connectivity index (χ0n) is 8.39. The molecule has 0 aromatic heterocycles. The largest absolute Gasteiger partial charge is 0.411 e. The maximum absolute atomic E-state index is 11.7. The highest BCUT2D eigenvalue weighted by Crippen LogP contribution is 2.22. The first kappa shape index (κ1) is 12.5. The van der Waals surface area contributed by atoms with Gasteiger partial charge in [-0.1, -0.05) is 6.08 Å². The maximum Gasteiger partial charge on any atom is 0.411 e. The van der Waals surface area contributed by atoms with Gasteiger partial charge in [0.2, 0.25) is 0 Å². The zero-order valence-corrected chi connectivity index (χ0v) is 8.39. The molecule has 15 heavy (non-hydrogen) atoms. The van der Waals surface area contributed by atoms with Crippen molar-refractivity contribution in [1.82, 2.24) is 0 Å². The fraction of sp³-hybridized carbons (Fsp3) is 0.800. The molecule has 5 heteroatoms. The molecular formula is C10H15F3O2. The van der Waals surface area contributed by atoms with E-state index in [0.717, 1.165) is 24.8 Å². The van der Waals surface area contributed by atoms with Crippen LogP contribution >= 0.6 is 0 Å². The van der Waals surface area contributed by atoms with Crippen LogP contribution in [-0.2, 0) is 4.74 Å². The van der Waals surface area contributed by atoms with Crippen molar-refractivity contribution in [3.05, 3.63) is 11.6 Å². The van der Waals surface area contributed by atoms with Crippen molar-refractivity contribution in [3.8, 4) is 0 Å². The van der Waals surface area contributed by atoms with Gasteiger partial charge in [-0.3, -0.25) is 0 Å². The average molecular weight is 224 g/mol. The number of halogens is 3. The van der Waals surface area contributed by atoms with Crippen LogP contribution in [0.5, 0.6) is 0 Å². The molecule has 1 rings (SSSR count). The molecule has 0 saturated heterocycles. The summed E-state index contributed by atoms with van der Waals surface area (Å²) in [6.07, 6.45) is 0.0979. The van der Waals surface area contributed by atoms with E-state index in [-0.39, 0.29) is 13.0 Å². The SMILES string of the molecule is OC(CCOCC(F)(F)F)C1=CCCC1. The van der Waals surface area contributed by atoms with Crippen molar-refractivity contribution in [2.45, 2.75) is 38.0 Å². The van der Waals surface area contributed by atoms with E-state index >= 15 is 0 Å². The van der Waals surface area contributed by atoms with E-state index < -0.39 is 18.9 Å². The molecule has 1 unspecified atom stereocenters. The Morgan fingerprint density at radius 2 is 2.20 bits per heavy atom. The molecule has 88 valence electrons. The Hall–Kier alpha value is -0.550. The van der Waals surface area contributed by atoms with E-state index in [2.05, 4.69) is 4.74 Å².